The first-order chi connectivity index (χ1) is 5.20. The summed E-state index contributed by atoms with van der Waals surface area (Å²) in [4.78, 5) is 0. The van der Waals surface area contributed by atoms with Crippen LogP contribution in [0.4, 0.5) is 0 Å². The third-order valence-electron chi connectivity index (χ3n) is 2.01. The molecule has 0 aliphatic heterocycles. The average molecular weight is 222 g/mol. The van der Waals surface area contributed by atoms with E-state index in [1.54, 1.807) is 0 Å². The fraction of sp³-hybridized carbons (Fsp3) is 1.00. The van der Waals surface area contributed by atoms with Gasteiger partial charge in [-0.3, -0.25) is 0 Å². The van der Waals surface area contributed by atoms with Crippen LogP contribution in [0.2, 0.25) is 12.1 Å². The third kappa shape index (κ3) is 7.20. The van der Waals surface area contributed by atoms with Crippen LogP contribution in [-0.4, -0.2) is 52.3 Å². The van der Waals surface area contributed by atoms with Gasteiger partial charge in [-0.25, -0.2) is 0 Å². The Morgan fingerprint density at radius 1 is 0.909 bits per heavy atom. The van der Waals surface area contributed by atoms with E-state index in [9.17, 15) is 0 Å². The summed E-state index contributed by atoms with van der Waals surface area (Å²) in [5.41, 5.74) is 1.84. The Bertz CT molecular complexity index is 80.7. The van der Waals surface area contributed by atoms with Crippen molar-refractivity contribution in [2.24, 2.45) is 0 Å². The van der Waals surface area contributed by atoms with E-state index < -0.39 is 0 Å². The van der Waals surface area contributed by atoms with E-state index in [-0.39, 0.29) is 0 Å². The Kier molecular flexibility index (Phi) is 8.04. The van der Waals surface area contributed by atoms with Crippen LogP contribution < -0.4 is 5.32 Å². The lowest BCUT2D eigenvalue weighted by molar-refractivity contribution is 0.577. The van der Waals surface area contributed by atoms with E-state index in [1.807, 2.05) is 0 Å². The van der Waals surface area contributed by atoms with Crippen LogP contribution in [0.3, 0.4) is 0 Å². The van der Waals surface area contributed by atoms with Crippen LogP contribution >= 0.6 is 0 Å². The Morgan fingerprint density at radius 3 is 1.55 bits per heavy atom. The number of hydrogen-bond acceptors (Lipinski definition) is 1. The van der Waals surface area contributed by atoms with E-state index >= 15 is 0 Å². The first kappa shape index (κ1) is 11.8. The smallest absolute Gasteiger partial charge is 0.0241 e. The molecule has 0 aliphatic carbocycles. The van der Waals surface area contributed by atoms with Crippen LogP contribution in [0.1, 0.15) is 12.8 Å². The summed E-state index contributed by atoms with van der Waals surface area (Å²) in [5.74, 6) is 0. The average Bonchev–Trinajstić information content (AvgIpc) is 1.87. The van der Waals surface area contributed by atoms with E-state index in [4.69, 9.17) is 0 Å². The Balaban J connectivity index is 3.32. The molecule has 1 nitrogen and oxygen atoms in total. The van der Waals surface area contributed by atoms with E-state index in [1.165, 1.54) is 65.9 Å². The minimum atomic E-state index is 0.920. The van der Waals surface area contributed by atoms with Gasteiger partial charge in [-0.05, 0) is 24.2 Å². The number of hydrogen-bond donors (Lipinski definition) is 1. The summed E-state index contributed by atoms with van der Waals surface area (Å²) in [6.45, 7) is 0. The molecule has 0 saturated heterocycles. The Labute approximate surface area is 82.8 Å². The largest absolute Gasteiger partial charge is 0.318 e. The summed E-state index contributed by atoms with van der Waals surface area (Å²) < 4.78 is 0. The van der Waals surface area contributed by atoms with Gasteiger partial charge in [0.05, 0.1) is 0 Å². The predicted octanol–water partition coefficient (Wildman–Crippen LogP) is -3.69. The van der Waals surface area contributed by atoms with Crippen LogP contribution in [0.25, 0.3) is 0 Å². The minimum absolute atomic E-state index is 0.920. The van der Waals surface area contributed by atoms with Gasteiger partial charge in [0.1, 0.15) is 0 Å². The molecule has 0 aromatic heterocycles. The number of nitrogens with one attached hydrogen (secondary N) is 1. The summed E-state index contributed by atoms with van der Waals surface area (Å²) >= 11 is 0. The van der Waals surface area contributed by atoms with Crippen molar-refractivity contribution < 1.29 is 0 Å². The Morgan fingerprint density at radius 2 is 1.27 bits per heavy atom. The van der Waals surface area contributed by atoms with Gasteiger partial charge in [0, 0.05) is 41.0 Å². The summed E-state index contributed by atoms with van der Waals surface area (Å²) in [7, 11) is 5.48. The third-order valence-corrected chi connectivity index (χ3v) is 4.99. The summed E-state index contributed by atoms with van der Waals surface area (Å²) in [6, 6.07) is 2.96. The van der Waals surface area contributed by atoms with Gasteiger partial charge in [0.25, 0.3) is 0 Å². The van der Waals surface area contributed by atoms with Gasteiger partial charge < -0.3 is 5.32 Å². The van der Waals surface area contributed by atoms with Crippen LogP contribution in [-0.2, 0) is 0 Å². The molecule has 0 aromatic carbocycles. The molecule has 0 saturated carbocycles. The zero-order valence-electron chi connectivity index (χ0n) is 8.48. The van der Waals surface area contributed by atoms with Crippen LogP contribution in [0, 0.1) is 0 Å². The molecule has 0 aromatic rings. The van der Waals surface area contributed by atoms with Gasteiger partial charge in [-0.1, -0.05) is 12.1 Å². The van der Waals surface area contributed by atoms with Gasteiger partial charge in [-0.2, -0.15) is 0 Å². The van der Waals surface area contributed by atoms with Crippen LogP contribution in [0.5, 0.6) is 0 Å². The van der Waals surface area contributed by atoms with Gasteiger partial charge in [0.2, 0.25) is 0 Å². The highest BCUT2D eigenvalue weighted by molar-refractivity contribution is 6.16. The molecule has 0 spiro atoms. The first-order valence-corrected chi connectivity index (χ1v) is 10.1. The van der Waals surface area contributed by atoms with Crippen molar-refractivity contribution in [1.29, 1.82) is 0 Å². The zero-order chi connectivity index (χ0) is 8.69. The summed E-state index contributed by atoms with van der Waals surface area (Å²) in [6.07, 6.45) is 2.91. The quantitative estimate of drug-likeness (QED) is 0.456. The molecule has 0 rings (SSSR count). The second-order valence-corrected chi connectivity index (χ2v) is 8.33. The fourth-order valence-electron chi connectivity index (χ4n) is 1.52. The van der Waals surface area contributed by atoms with Crippen molar-refractivity contribution in [1.82, 2.24) is 5.32 Å². The highest BCUT2D eigenvalue weighted by Crippen LogP contribution is 1.95. The van der Waals surface area contributed by atoms with Crippen molar-refractivity contribution in [2.45, 2.75) is 36.3 Å². The summed E-state index contributed by atoms with van der Waals surface area (Å²) in [5, 5.41) is 3.75. The van der Waals surface area contributed by atoms with Crippen molar-refractivity contribution in [3.05, 3.63) is 0 Å². The molecule has 2 unspecified atom stereocenters. The molecule has 0 radical (unpaired) electrons. The molecule has 2 atom stereocenters. The maximum absolute atomic E-state index is 3.75. The maximum atomic E-state index is 3.75. The van der Waals surface area contributed by atoms with Gasteiger partial charge in [0.15, 0.2) is 0 Å². The van der Waals surface area contributed by atoms with Crippen molar-refractivity contribution >= 4 is 41.0 Å². The van der Waals surface area contributed by atoms with E-state index in [0.717, 1.165) is 11.3 Å². The second kappa shape index (κ2) is 7.48. The molecule has 0 amide bonds. The molecule has 0 bridgehead atoms. The van der Waals surface area contributed by atoms with Crippen molar-refractivity contribution in [2.75, 3.05) is 0 Å². The zero-order valence-corrected chi connectivity index (χ0v) is 16.5. The minimum Gasteiger partial charge on any atom is -0.318 e. The highest BCUT2D eigenvalue weighted by Gasteiger charge is 2.04. The predicted molar refractivity (Wildman–Crippen MR) is 69.3 cm³/mol. The SMILES string of the molecule is [SiH3]CCC([SiH3])NC([SiH3])CC[SiH3]. The molecule has 1 N–H and O–H groups in total. The molecular formula is C6H23NSi4. The van der Waals surface area contributed by atoms with E-state index in [2.05, 4.69) is 5.32 Å². The monoisotopic (exact) mass is 221 g/mol. The van der Waals surface area contributed by atoms with Crippen molar-refractivity contribution in [3.8, 4) is 0 Å². The molecule has 68 valence electrons. The number of rotatable bonds is 6. The molecule has 0 aliphatic rings. The maximum Gasteiger partial charge on any atom is 0.0241 e. The second-order valence-electron chi connectivity index (χ2n) is 3.55. The van der Waals surface area contributed by atoms with E-state index in [0.29, 0.717) is 0 Å². The highest BCUT2D eigenvalue weighted by atomic mass is 28.2. The molecular weight excluding hydrogens is 198 g/mol. The molecule has 11 heavy (non-hydrogen) atoms. The fourth-order valence-corrected chi connectivity index (χ4v) is 8.52. The molecule has 0 heterocycles. The normalized spacial score (nSPS) is 17.5. The van der Waals surface area contributed by atoms with Crippen LogP contribution in [0.15, 0.2) is 0 Å². The van der Waals surface area contributed by atoms with Gasteiger partial charge in [-0.15, -0.1) is 0 Å². The van der Waals surface area contributed by atoms with Gasteiger partial charge >= 0.3 is 0 Å². The lowest BCUT2D eigenvalue weighted by Crippen LogP contribution is -2.38. The molecule has 0 fully saturated rings. The lowest BCUT2D eigenvalue weighted by atomic mass is 10.4. The topological polar surface area (TPSA) is 12.0 Å². The van der Waals surface area contributed by atoms with Crippen molar-refractivity contribution in [3.63, 3.8) is 0 Å². The molecule has 5 heteroatoms. The Hall–Kier alpha value is 0.828. The standard InChI is InChI=1S/C6H23NSi4/c8-3-1-5(10)7-6(11)2-4-9/h5-7H,1-4H2,8-11H3. The lowest BCUT2D eigenvalue weighted by Gasteiger charge is -2.18. The first-order valence-electron chi connectivity index (χ1n) is 4.96.